The number of hydrogen-bond acceptors (Lipinski definition) is 4. The lowest BCUT2D eigenvalue weighted by atomic mass is 10.1. The van der Waals surface area contributed by atoms with Crippen LogP contribution in [0.2, 0.25) is 0 Å². The quantitative estimate of drug-likeness (QED) is 0.908. The zero-order valence-electron chi connectivity index (χ0n) is 12.5. The van der Waals surface area contributed by atoms with Crippen molar-refractivity contribution in [2.24, 2.45) is 0 Å². The molecule has 1 aliphatic rings. The van der Waals surface area contributed by atoms with Crippen LogP contribution in [0.4, 0.5) is 5.69 Å². The highest BCUT2D eigenvalue weighted by molar-refractivity contribution is 5.66. The van der Waals surface area contributed by atoms with E-state index in [1.165, 1.54) is 17.3 Å². The van der Waals surface area contributed by atoms with Crippen LogP contribution in [0.25, 0.3) is 11.3 Å². The van der Waals surface area contributed by atoms with Crippen molar-refractivity contribution in [3.63, 3.8) is 0 Å². The van der Waals surface area contributed by atoms with Gasteiger partial charge in [-0.2, -0.15) is 5.10 Å². The first-order valence-corrected chi connectivity index (χ1v) is 7.24. The molecule has 110 valence electrons. The summed E-state index contributed by atoms with van der Waals surface area (Å²) >= 11 is 0. The summed E-state index contributed by atoms with van der Waals surface area (Å²) in [5.74, 6) is 0. The van der Waals surface area contributed by atoms with Crippen molar-refractivity contribution in [1.29, 1.82) is 0 Å². The van der Waals surface area contributed by atoms with Gasteiger partial charge in [0, 0.05) is 43.5 Å². The summed E-state index contributed by atoms with van der Waals surface area (Å²) in [5, 5.41) is 6.56. The molecule has 1 saturated heterocycles. The van der Waals surface area contributed by atoms with Gasteiger partial charge in [0.2, 0.25) is 0 Å². The standard InChI is InChI=1S/C16H20N4O/c1-12-11-13(14-4-6-16(21)18-17-14)3-5-15(12)20-9-7-19(2)8-10-20/h3-6,11H,7-10H2,1-2H3,(H,18,21). The van der Waals surface area contributed by atoms with E-state index in [-0.39, 0.29) is 5.56 Å². The van der Waals surface area contributed by atoms with Crippen LogP contribution in [0.15, 0.2) is 35.1 Å². The van der Waals surface area contributed by atoms with Crippen molar-refractivity contribution in [3.05, 3.63) is 46.2 Å². The van der Waals surface area contributed by atoms with Crippen LogP contribution >= 0.6 is 0 Å². The molecule has 0 radical (unpaired) electrons. The van der Waals surface area contributed by atoms with E-state index in [0.29, 0.717) is 0 Å². The molecule has 1 fully saturated rings. The molecule has 0 unspecified atom stereocenters. The Balaban J connectivity index is 1.86. The number of H-pyrrole nitrogens is 1. The molecular formula is C16H20N4O. The Bertz CT molecular complexity index is 666. The number of piperazine rings is 1. The molecule has 21 heavy (non-hydrogen) atoms. The molecule has 0 spiro atoms. The number of likely N-dealkylation sites (N-methyl/N-ethyl adjacent to an activating group) is 1. The molecule has 2 heterocycles. The second-order valence-corrected chi connectivity index (χ2v) is 5.60. The fourth-order valence-electron chi connectivity index (χ4n) is 2.72. The van der Waals surface area contributed by atoms with Gasteiger partial charge in [0.15, 0.2) is 0 Å². The second kappa shape index (κ2) is 5.69. The molecule has 1 aromatic carbocycles. The van der Waals surface area contributed by atoms with E-state index in [2.05, 4.69) is 52.2 Å². The molecule has 2 aromatic rings. The van der Waals surface area contributed by atoms with Gasteiger partial charge in [-0.25, -0.2) is 5.10 Å². The van der Waals surface area contributed by atoms with E-state index >= 15 is 0 Å². The molecular weight excluding hydrogens is 264 g/mol. The second-order valence-electron chi connectivity index (χ2n) is 5.60. The predicted octanol–water partition coefficient (Wildman–Crippen LogP) is 1.50. The summed E-state index contributed by atoms with van der Waals surface area (Å²) < 4.78 is 0. The van der Waals surface area contributed by atoms with Crippen LogP contribution in [0, 0.1) is 6.92 Å². The monoisotopic (exact) mass is 284 g/mol. The van der Waals surface area contributed by atoms with Crippen molar-refractivity contribution >= 4 is 5.69 Å². The van der Waals surface area contributed by atoms with Crippen molar-refractivity contribution < 1.29 is 0 Å². The number of nitrogens with zero attached hydrogens (tertiary/aromatic N) is 3. The van der Waals surface area contributed by atoms with Gasteiger partial charge in [0.25, 0.3) is 5.56 Å². The van der Waals surface area contributed by atoms with Gasteiger partial charge in [-0.05, 0) is 37.7 Å². The van der Waals surface area contributed by atoms with Crippen molar-refractivity contribution in [2.45, 2.75) is 6.92 Å². The van der Waals surface area contributed by atoms with Gasteiger partial charge in [-0.3, -0.25) is 4.79 Å². The number of aryl methyl sites for hydroxylation is 1. The summed E-state index contributed by atoms with van der Waals surface area (Å²) in [6, 6.07) is 9.62. The predicted molar refractivity (Wildman–Crippen MR) is 84.7 cm³/mol. The van der Waals surface area contributed by atoms with Gasteiger partial charge >= 0.3 is 0 Å². The van der Waals surface area contributed by atoms with E-state index < -0.39 is 0 Å². The van der Waals surface area contributed by atoms with Gasteiger partial charge in [-0.1, -0.05) is 6.07 Å². The molecule has 0 aliphatic carbocycles. The highest BCUT2D eigenvalue weighted by atomic mass is 16.1. The van der Waals surface area contributed by atoms with E-state index in [1.54, 1.807) is 6.07 Å². The normalized spacial score (nSPS) is 16.2. The topological polar surface area (TPSA) is 52.2 Å². The number of benzene rings is 1. The maximum atomic E-state index is 11.1. The molecule has 3 rings (SSSR count). The highest BCUT2D eigenvalue weighted by Crippen LogP contribution is 2.26. The lowest BCUT2D eigenvalue weighted by Gasteiger charge is -2.35. The number of rotatable bonds is 2. The maximum absolute atomic E-state index is 11.1. The molecule has 0 amide bonds. The minimum absolute atomic E-state index is 0.176. The third-order valence-electron chi connectivity index (χ3n) is 4.02. The van der Waals surface area contributed by atoms with Crippen LogP contribution in [-0.2, 0) is 0 Å². The van der Waals surface area contributed by atoms with Crippen LogP contribution in [0.5, 0.6) is 0 Å². The smallest absolute Gasteiger partial charge is 0.264 e. The van der Waals surface area contributed by atoms with Crippen molar-refractivity contribution in [1.82, 2.24) is 15.1 Å². The highest BCUT2D eigenvalue weighted by Gasteiger charge is 2.16. The SMILES string of the molecule is Cc1cc(-c2ccc(=O)[nH]n2)ccc1N1CCN(C)CC1. The van der Waals surface area contributed by atoms with Crippen LogP contribution in [-0.4, -0.2) is 48.3 Å². The van der Waals surface area contributed by atoms with Crippen molar-refractivity contribution in [3.8, 4) is 11.3 Å². The minimum Gasteiger partial charge on any atom is -0.369 e. The molecule has 1 N–H and O–H groups in total. The zero-order chi connectivity index (χ0) is 14.8. The molecule has 5 heteroatoms. The number of nitrogens with one attached hydrogen (secondary N) is 1. The number of anilines is 1. The maximum Gasteiger partial charge on any atom is 0.264 e. The van der Waals surface area contributed by atoms with Gasteiger partial charge in [0.05, 0.1) is 5.69 Å². The third kappa shape index (κ3) is 2.97. The first-order valence-electron chi connectivity index (χ1n) is 7.24. The number of aromatic nitrogens is 2. The summed E-state index contributed by atoms with van der Waals surface area (Å²) in [5.41, 5.74) is 4.18. The van der Waals surface area contributed by atoms with Gasteiger partial charge in [0.1, 0.15) is 0 Å². The lowest BCUT2D eigenvalue weighted by Crippen LogP contribution is -2.44. The molecule has 5 nitrogen and oxygen atoms in total. The number of aromatic amines is 1. The van der Waals surface area contributed by atoms with Crippen molar-refractivity contribution in [2.75, 3.05) is 38.1 Å². The van der Waals surface area contributed by atoms with Crippen LogP contribution in [0.1, 0.15) is 5.56 Å². The molecule has 0 saturated carbocycles. The van der Waals surface area contributed by atoms with E-state index in [9.17, 15) is 4.79 Å². The van der Waals surface area contributed by atoms with E-state index in [0.717, 1.165) is 37.4 Å². The number of hydrogen-bond donors (Lipinski definition) is 1. The Morgan fingerprint density at radius 1 is 1.10 bits per heavy atom. The van der Waals surface area contributed by atoms with E-state index in [4.69, 9.17) is 0 Å². The minimum atomic E-state index is -0.176. The van der Waals surface area contributed by atoms with Crippen LogP contribution < -0.4 is 10.5 Å². The largest absolute Gasteiger partial charge is 0.369 e. The Morgan fingerprint density at radius 2 is 1.86 bits per heavy atom. The molecule has 1 aliphatic heterocycles. The Kier molecular flexibility index (Phi) is 3.75. The average Bonchev–Trinajstić information content (AvgIpc) is 2.49. The van der Waals surface area contributed by atoms with E-state index in [1.807, 2.05) is 0 Å². The Hall–Kier alpha value is -2.14. The molecule has 1 aromatic heterocycles. The third-order valence-corrected chi connectivity index (χ3v) is 4.02. The first kappa shape index (κ1) is 13.8. The molecule has 0 atom stereocenters. The first-order chi connectivity index (χ1) is 10.1. The lowest BCUT2D eigenvalue weighted by molar-refractivity contribution is 0.312. The molecule has 0 bridgehead atoms. The summed E-state index contributed by atoms with van der Waals surface area (Å²) in [6.45, 7) is 6.45. The van der Waals surface area contributed by atoms with Gasteiger partial charge in [-0.15, -0.1) is 0 Å². The van der Waals surface area contributed by atoms with Gasteiger partial charge < -0.3 is 9.80 Å². The summed E-state index contributed by atoms with van der Waals surface area (Å²) in [4.78, 5) is 15.9. The zero-order valence-corrected chi connectivity index (χ0v) is 12.5. The Labute approximate surface area is 124 Å². The Morgan fingerprint density at radius 3 is 2.48 bits per heavy atom. The summed E-state index contributed by atoms with van der Waals surface area (Å²) in [6.07, 6.45) is 0. The summed E-state index contributed by atoms with van der Waals surface area (Å²) in [7, 11) is 2.16. The fraction of sp³-hybridized carbons (Fsp3) is 0.375. The fourth-order valence-corrected chi connectivity index (χ4v) is 2.72. The average molecular weight is 284 g/mol. The van der Waals surface area contributed by atoms with Crippen LogP contribution in [0.3, 0.4) is 0 Å².